The number of nitrogens with zero attached hydrogens (tertiary/aromatic N) is 3. The summed E-state index contributed by atoms with van der Waals surface area (Å²) in [6.07, 6.45) is -4.18. The standard InChI is InChI=1S/C11H7F3N4O2S/c12-11(13,14)6-2-1-3-7(4-6)20-17-8(5-19)9-16-10(15)21-18-9/h1-5H,(H2,15,16,18)/b17-8-. The molecule has 1 aromatic carbocycles. The Morgan fingerprint density at radius 2 is 2.19 bits per heavy atom. The lowest BCUT2D eigenvalue weighted by molar-refractivity contribution is -0.137. The molecule has 0 unspecified atom stereocenters. The van der Waals surface area contributed by atoms with Crippen LogP contribution in [0, 0.1) is 0 Å². The molecule has 2 rings (SSSR count). The molecule has 1 heterocycles. The fraction of sp³-hybridized carbons (Fsp3) is 0.0909. The van der Waals surface area contributed by atoms with Crippen molar-refractivity contribution in [3.63, 3.8) is 0 Å². The Morgan fingerprint density at radius 1 is 1.43 bits per heavy atom. The highest BCUT2D eigenvalue weighted by Gasteiger charge is 2.30. The molecule has 0 saturated carbocycles. The highest BCUT2D eigenvalue weighted by Crippen LogP contribution is 2.31. The molecule has 110 valence electrons. The Morgan fingerprint density at radius 3 is 2.76 bits per heavy atom. The van der Waals surface area contributed by atoms with Crippen LogP contribution in [-0.2, 0) is 11.0 Å². The fourth-order valence-corrected chi connectivity index (χ4v) is 1.73. The summed E-state index contributed by atoms with van der Waals surface area (Å²) in [5.74, 6) is -0.230. The third-order valence-corrected chi connectivity index (χ3v) is 2.74. The number of halogens is 3. The van der Waals surface area contributed by atoms with Gasteiger partial charge in [-0.15, -0.1) is 0 Å². The predicted molar refractivity (Wildman–Crippen MR) is 69.0 cm³/mol. The topological polar surface area (TPSA) is 90.5 Å². The van der Waals surface area contributed by atoms with Crippen LogP contribution in [0.2, 0.25) is 0 Å². The second-order valence-corrected chi connectivity index (χ2v) is 4.45. The van der Waals surface area contributed by atoms with Crippen LogP contribution in [0.1, 0.15) is 11.4 Å². The molecular formula is C11H7F3N4O2S. The SMILES string of the molecule is Nc1nc(/C(C=O)=N\Oc2cccc(C(F)(F)F)c2)ns1. The second kappa shape index (κ2) is 5.87. The highest BCUT2D eigenvalue weighted by molar-refractivity contribution is 7.09. The van der Waals surface area contributed by atoms with Crippen molar-refractivity contribution >= 4 is 28.7 Å². The molecular weight excluding hydrogens is 309 g/mol. The molecule has 2 aromatic rings. The Bertz CT molecular complexity index is 684. The van der Waals surface area contributed by atoms with Crippen LogP contribution in [0.4, 0.5) is 18.3 Å². The molecule has 0 amide bonds. The number of hydrogen-bond acceptors (Lipinski definition) is 7. The monoisotopic (exact) mass is 316 g/mol. The zero-order chi connectivity index (χ0) is 15.5. The average Bonchev–Trinajstić information content (AvgIpc) is 2.85. The molecule has 0 aliphatic rings. The highest BCUT2D eigenvalue weighted by atomic mass is 32.1. The number of aldehydes is 1. The number of nitrogens with two attached hydrogens (primary N) is 1. The van der Waals surface area contributed by atoms with Gasteiger partial charge in [0.15, 0.2) is 28.7 Å². The summed E-state index contributed by atoms with van der Waals surface area (Å²) in [7, 11) is 0. The quantitative estimate of drug-likeness (QED) is 0.530. The number of rotatable bonds is 4. The van der Waals surface area contributed by atoms with E-state index in [2.05, 4.69) is 14.5 Å². The van der Waals surface area contributed by atoms with Gasteiger partial charge in [-0.2, -0.15) is 22.5 Å². The van der Waals surface area contributed by atoms with Crippen LogP contribution in [0.5, 0.6) is 5.75 Å². The molecule has 10 heteroatoms. The summed E-state index contributed by atoms with van der Waals surface area (Å²) in [4.78, 5) is 19.4. The van der Waals surface area contributed by atoms with Gasteiger partial charge in [-0.3, -0.25) is 4.79 Å². The lowest BCUT2D eigenvalue weighted by Crippen LogP contribution is -2.08. The summed E-state index contributed by atoms with van der Waals surface area (Å²) in [5, 5.41) is 3.55. The first-order valence-corrected chi connectivity index (χ1v) is 6.14. The maximum Gasteiger partial charge on any atom is 0.416 e. The van der Waals surface area contributed by atoms with Gasteiger partial charge < -0.3 is 10.6 Å². The first-order chi connectivity index (χ1) is 9.90. The smallest absolute Gasteiger partial charge is 0.374 e. The van der Waals surface area contributed by atoms with Gasteiger partial charge in [-0.05, 0) is 18.2 Å². The summed E-state index contributed by atoms with van der Waals surface area (Å²) in [5.41, 5.74) is 4.19. The minimum absolute atomic E-state index is 0.0560. The Balaban J connectivity index is 2.21. The lowest BCUT2D eigenvalue weighted by atomic mass is 10.2. The second-order valence-electron chi connectivity index (χ2n) is 3.67. The van der Waals surface area contributed by atoms with E-state index in [1.165, 1.54) is 6.07 Å². The number of anilines is 1. The summed E-state index contributed by atoms with van der Waals surface area (Å²) >= 11 is 0.848. The van der Waals surface area contributed by atoms with Crippen molar-refractivity contribution in [2.75, 3.05) is 5.73 Å². The molecule has 21 heavy (non-hydrogen) atoms. The van der Waals surface area contributed by atoms with Crippen molar-refractivity contribution in [2.24, 2.45) is 5.16 Å². The first-order valence-electron chi connectivity index (χ1n) is 5.37. The van der Waals surface area contributed by atoms with Gasteiger partial charge in [-0.25, -0.2) is 0 Å². The number of alkyl halides is 3. The third-order valence-electron chi connectivity index (χ3n) is 2.19. The molecule has 0 fully saturated rings. The Labute approximate surface area is 120 Å². The van der Waals surface area contributed by atoms with Crippen LogP contribution in [0.3, 0.4) is 0 Å². The van der Waals surface area contributed by atoms with Crippen molar-refractivity contribution in [3.05, 3.63) is 35.7 Å². The van der Waals surface area contributed by atoms with Crippen molar-refractivity contribution in [3.8, 4) is 5.75 Å². The van der Waals surface area contributed by atoms with E-state index in [1.807, 2.05) is 0 Å². The van der Waals surface area contributed by atoms with E-state index in [4.69, 9.17) is 10.6 Å². The largest absolute Gasteiger partial charge is 0.416 e. The molecule has 0 aliphatic carbocycles. The number of carbonyl (C=O) groups is 1. The van der Waals surface area contributed by atoms with Gasteiger partial charge in [0.1, 0.15) is 0 Å². The molecule has 1 aromatic heterocycles. The predicted octanol–water partition coefficient (Wildman–Crippen LogP) is 2.12. The number of nitrogen functional groups attached to an aromatic ring is 1. The summed E-state index contributed by atoms with van der Waals surface area (Å²) in [6, 6.07) is 4.08. The van der Waals surface area contributed by atoms with Gasteiger partial charge in [0.2, 0.25) is 0 Å². The van der Waals surface area contributed by atoms with E-state index >= 15 is 0 Å². The van der Waals surface area contributed by atoms with E-state index in [-0.39, 0.29) is 22.4 Å². The number of oxime groups is 1. The maximum absolute atomic E-state index is 12.5. The first kappa shape index (κ1) is 14.9. The zero-order valence-corrected chi connectivity index (χ0v) is 11.0. The minimum Gasteiger partial charge on any atom is -0.374 e. The maximum atomic E-state index is 12.5. The van der Waals surface area contributed by atoms with Crippen LogP contribution in [0.25, 0.3) is 0 Å². The number of benzene rings is 1. The van der Waals surface area contributed by atoms with Gasteiger partial charge in [0, 0.05) is 11.5 Å². The lowest BCUT2D eigenvalue weighted by Gasteiger charge is -2.07. The number of aromatic nitrogens is 2. The van der Waals surface area contributed by atoms with Crippen molar-refractivity contribution in [1.82, 2.24) is 9.36 Å². The molecule has 0 aliphatic heterocycles. The zero-order valence-electron chi connectivity index (χ0n) is 10.2. The van der Waals surface area contributed by atoms with E-state index in [0.717, 1.165) is 29.7 Å². The number of carbonyl (C=O) groups excluding carboxylic acids is 1. The molecule has 0 radical (unpaired) electrons. The van der Waals surface area contributed by atoms with E-state index in [0.29, 0.717) is 6.29 Å². The Hall–Kier alpha value is -2.49. The van der Waals surface area contributed by atoms with Gasteiger partial charge in [0.05, 0.1) is 5.56 Å². The van der Waals surface area contributed by atoms with Gasteiger partial charge in [0.25, 0.3) is 0 Å². The van der Waals surface area contributed by atoms with Crippen molar-refractivity contribution in [1.29, 1.82) is 0 Å². The summed E-state index contributed by atoms with van der Waals surface area (Å²) < 4.78 is 41.3. The number of hydrogen-bond donors (Lipinski definition) is 1. The van der Waals surface area contributed by atoms with Gasteiger partial charge in [-0.1, -0.05) is 11.2 Å². The van der Waals surface area contributed by atoms with Crippen LogP contribution in [0.15, 0.2) is 29.4 Å². The van der Waals surface area contributed by atoms with Crippen LogP contribution < -0.4 is 10.6 Å². The Kier molecular flexibility index (Phi) is 4.17. The fourth-order valence-electron chi connectivity index (χ4n) is 1.29. The minimum atomic E-state index is -4.50. The van der Waals surface area contributed by atoms with Crippen molar-refractivity contribution in [2.45, 2.75) is 6.18 Å². The third kappa shape index (κ3) is 3.75. The summed E-state index contributed by atoms with van der Waals surface area (Å²) in [6.45, 7) is 0. The molecule has 0 atom stereocenters. The average molecular weight is 316 g/mol. The molecule has 6 nitrogen and oxygen atoms in total. The molecule has 2 N–H and O–H groups in total. The molecule has 0 bridgehead atoms. The van der Waals surface area contributed by atoms with Crippen molar-refractivity contribution < 1.29 is 22.8 Å². The van der Waals surface area contributed by atoms with Crippen LogP contribution in [-0.4, -0.2) is 21.4 Å². The van der Waals surface area contributed by atoms with E-state index in [1.54, 1.807) is 0 Å². The van der Waals surface area contributed by atoms with E-state index in [9.17, 15) is 18.0 Å². The van der Waals surface area contributed by atoms with Gasteiger partial charge >= 0.3 is 6.18 Å². The van der Waals surface area contributed by atoms with E-state index < -0.39 is 11.7 Å². The van der Waals surface area contributed by atoms with Crippen LogP contribution >= 0.6 is 11.5 Å². The molecule has 0 saturated heterocycles. The molecule has 0 spiro atoms. The normalized spacial score (nSPS) is 12.2.